The Bertz CT molecular complexity index is 766. The van der Waals surface area contributed by atoms with E-state index >= 15 is 0 Å². The van der Waals surface area contributed by atoms with E-state index in [4.69, 9.17) is 9.62 Å². The highest BCUT2D eigenvalue weighted by molar-refractivity contribution is 5.45. The Hall–Kier alpha value is -2.09. The number of rotatable bonds is 0. The normalized spacial score (nSPS) is 30.2. The fourth-order valence-electron chi connectivity index (χ4n) is 4.57. The van der Waals surface area contributed by atoms with Crippen LogP contribution in [0.4, 0.5) is 0 Å². The van der Waals surface area contributed by atoms with Crippen molar-refractivity contribution in [3.05, 3.63) is 34.5 Å². The molecule has 2 aliphatic carbocycles. The molecule has 0 saturated carbocycles. The van der Waals surface area contributed by atoms with Gasteiger partial charge in [0.15, 0.2) is 0 Å². The summed E-state index contributed by atoms with van der Waals surface area (Å²) in [5.74, 6) is 1.88. The molecule has 4 rings (SSSR count). The molecule has 3 atom stereocenters. The topological polar surface area (TPSA) is 67.6 Å². The van der Waals surface area contributed by atoms with E-state index in [0.29, 0.717) is 17.5 Å². The first kappa shape index (κ1) is 12.6. The van der Waals surface area contributed by atoms with Gasteiger partial charge in [-0.05, 0) is 25.2 Å². The summed E-state index contributed by atoms with van der Waals surface area (Å²) in [5.41, 5.74) is 4.13. The van der Waals surface area contributed by atoms with Gasteiger partial charge in [0.1, 0.15) is 17.5 Å². The summed E-state index contributed by atoms with van der Waals surface area (Å²) in [6, 6.07) is 2.31. The van der Waals surface area contributed by atoms with E-state index in [2.05, 4.69) is 25.1 Å². The Kier molecular flexibility index (Phi) is 2.39. The molecule has 5 heteroatoms. The zero-order valence-electron chi connectivity index (χ0n) is 12.6. The molecule has 0 aliphatic heterocycles. The summed E-state index contributed by atoms with van der Waals surface area (Å²) in [4.78, 5) is 0. The molecule has 0 saturated heterocycles. The number of hydrogen-bond acceptors (Lipinski definition) is 4. The molecule has 0 fully saturated rings. The van der Waals surface area contributed by atoms with Gasteiger partial charge in [-0.2, -0.15) is 10.4 Å². The molecule has 0 unspecified atom stereocenters. The molecular weight excluding hydrogens is 264 g/mol. The monoisotopic (exact) mass is 282 g/mol. The Morgan fingerprint density at radius 2 is 2.33 bits per heavy atom. The summed E-state index contributed by atoms with van der Waals surface area (Å²) in [5, 5.41) is 18.1. The zero-order chi connectivity index (χ0) is 14.8. The molecule has 5 nitrogen and oxygen atoms in total. The van der Waals surface area contributed by atoms with Crippen molar-refractivity contribution in [2.75, 3.05) is 0 Å². The fraction of sp³-hybridized carbons (Fsp3) is 0.562. The third-order valence-electron chi connectivity index (χ3n) is 5.57. The predicted molar refractivity (Wildman–Crippen MR) is 75.7 cm³/mol. The molecule has 2 heterocycles. The van der Waals surface area contributed by atoms with Crippen LogP contribution in [0, 0.1) is 17.2 Å². The van der Waals surface area contributed by atoms with Crippen LogP contribution in [0.5, 0.6) is 0 Å². The number of nitrogens with zero attached hydrogens (tertiary/aromatic N) is 4. The summed E-state index contributed by atoms with van der Waals surface area (Å²) in [6.07, 6.45) is 4.75. The first-order valence-corrected chi connectivity index (χ1v) is 7.46. The minimum atomic E-state index is -0.0294. The van der Waals surface area contributed by atoms with Gasteiger partial charge in [0.05, 0.1) is 11.9 Å². The Balaban J connectivity index is 1.92. The lowest BCUT2D eigenvalue weighted by molar-refractivity contribution is 0.172. The number of nitriles is 1. The molecule has 21 heavy (non-hydrogen) atoms. The Morgan fingerprint density at radius 3 is 3.10 bits per heavy atom. The molecule has 0 radical (unpaired) electrons. The zero-order valence-corrected chi connectivity index (χ0v) is 12.6. The molecule has 108 valence electrons. The highest BCUT2D eigenvalue weighted by Gasteiger charge is 2.51. The predicted octanol–water partition coefficient (Wildman–Crippen LogP) is 2.46. The summed E-state index contributed by atoms with van der Waals surface area (Å²) in [7, 11) is 1.87. The molecule has 0 spiro atoms. The van der Waals surface area contributed by atoms with Gasteiger partial charge < -0.3 is 4.52 Å². The van der Waals surface area contributed by atoms with Crippen LogP contribution >= 0.6 is 0 Å². The van der Waals surface area contributed by atoms with Crippen molar-refractivity contribution >= 4 is 0 Å². The number of aromatic nitrogens is 3. The van der Waals surface area contributed by atoms with Gasteiger partial charge in [-0.3, -0.25) is 4.68 Å². The van der Waals surface area contributed by atoms with Gasteiger partial charge in [-0.1, -0.05) is 19.0 Å². The molecule has 0 aromatic carbocycles. The summed E-state index contributed by atoms with van der Waals surface area (Å²) >= 11 is 0. The quantitative estimate of drug-likeness (QED) is 0.744. The average Bonchev–Trinajstić information content (AvgIpc) is 3.02. The van der Waals surface area contributed by atoms with Crippen LogP contribution in [-0.2, 0) is 25.3 Å². The lowest BCUT2D eigenvalue weighted by atomic mass is 9.57. The molecule has 2 aromatic rings. The van der Waals surface area contributed by atoms with Crippen molar-refractivity contribution in [2.24, 2.45) is 13.0 Å². The molecular formula is C16H18N4O. The van der Waals surface area contributed by atoms with Crippen LogP contribution in [0.2, 0.25) is 0 Å². The minimum Gasteiger partial charge on any atom is -0.361 e. The van der Waals surface area contributed by atoms with E-state index < -0.39 is 0 Å². The second-order valence-corrected chi connectivity index (χ2v) is 6.65. The van der Waals surface area contributed by atoms with Crippen molar-refractivity contribution in [1.29, 1.82) is 5.26 Å². The molecule has 2 aromatic heterocycles. The number of hydrogen-bond donors (Lipinski definition) is 0. The van der Waals surface area contributed by atoms with E-state index in [1.807, 2.05) is 13.2 Å². The standard InChI is InChI=1S/C16H18N4O/c1-9-12-5-4-11-13(7-17)20(3)19-15(11)16(12,2)6-10-8-18-21-14(9)10/h8-9,12H,4-6H2,1-3H3/t9-,12-,16-/m0/s1. The van der Waals surface area contributed by atoms with Crippen LogP contribution in [0.3, 0.4) is 0 Å². The first-order valence-electron chi connectivity index (χ1n) is 7.46. The smallest absolute Gasteiger partial charge is 0.143 e. The highest BCUT2D eigenvalue weighted by atomic mass is 16.5. The Morgan fingerprint density at radius 1 is 1.52 bits per heavy atom. The largest absolute Gasteiger partial charge is 0.361 e. The molecule has 0 bridgehead atoms. The van der Waals surface area contributed by atoms with Gasteiger partial charge >= 0.3 is 0 Å². The molecule has 0 amide bonds. The van der Waals surface area contributed by atoms with E-state index in [9.17, 15) is 5.26 Å². The number of fused-ring (bicyclic) bond motifs is 4. The second kappa shape index (κ2) is 3.97. The van der Waals surface area contributed by atoms with Crippen LogP contribution in [0.15, 0.2) is 10.7 Å². The van der Waals surface area contributed by atoms with E-state index in [-0.39, 0.29) is 5.41 Å². The first-order chi connectivity index (χ1) is 10.1. The van der Waals surface area contributed by atoms with Crippen molar-refractivity contribution < 1.29 is 4.52 Å². The second-order valence-electron chi connectivity index (χ2n) is 6.65. The average molecular weight is 282 g/mol. The molecule has 0 N–H and O–H groups in total. The van der Waals surface area contributed by atoms with Gasteiger partial charge in [-0.15, -0.1) is 0 Å². The fourth-order valence-corrected chi connectivity index (χ4v) is 4.57. The van der Waals surface area contributed by atoms with Crippen LogP contribution in [0.1, 0.15) is 54.5 Å². The maximum absolute atomic E-state index is 9.38. The lowest BCUT2D eigenvalue weighted by Crippen LogP contribution is -2.44. The summed E-state index contributed by atoms with van der Waals surface area (Å²) in [6.45, 7) is 4.52. The van der Waals surface area contributed by atoms with Crippen LogP contribution in [-0.4, -0.2) is 14.9 Å². The van der Waals surface area contributed by atoms with Gasteiger partial charge in [0, 0.05) is 29.5 Å². The Labute approximate surface area is 123 Å². The number of aryl methyl sites for hydroxylation is 1. The van der Waals surface area contributed by atoms with Crippen molar-refractivity contribution in [3.8, 4) is 6.07 Å². The third kappa shape index (κ3) is 1.45. The van der Waals surface area contributed by atoms with Crippen molar-refractivity contribution in [2.45, 2.75) is 44.4 Å². The van der Waals surface area contributed by atoms with E-state index in [1.54, 1.807) is 4.68 Å². The van der Waals surface area contributed by atoms with Gasteiger partial charge in [-0.25, -0.2) is 0 Å². The van der Waals surface area contributed by atoms with Gasteiger partial charge in [0.25, 0.3) is 0 Å². The van der Waals surface area contributed by atoms with E-state index in [1.165, 1.54) is 5.56 Å². The van der Waals surface area contributed by atoms with Crippen molar-refractivity contribution in [3.63, 3.8) is 0 Å². The third-order valence-corrected chi connectivity index (χ3v) is 5.57. The lowest BCUT2D eigenvalue weighted by Gasteiger charge is -2.46. The van der Waals surface area contributed by atoms with Crippen LogP contribution in [0.25, 0.3) is 0 Å². The minimum absolute atomic E-state index is 0.0294. The van der Waals surface area contributed by atoms with Gasteiger partial charge in [0.2, 0.25) is 0 Å². The van der Waals surface area contributed by atoms with E-state index in [0.717, 1.165) is 36.3 Å². The van der Waals surface area contributed by atoms with Crippen LogP contribution < -0.4 is 0 Å². The highest BCUT2D eigenvalue weighted by Crippen LogP contribution is 2.53. The maximum atomic E-state index is 9.38. The molecule has 2 aliphatic rings. The maximum Gasteiger partial charge on any atom is 0.143 e. The van der Waals surface area contributed by atoms with Crippen molar-refractivity contribution in [1.82, 2.24) is 14.9 Å². The SMILES string of the molecule is C[C@@H]1c2oncc2C[C@]2(C)c3nn(C)c(C#N)c3CC[C@@H]12. The summed E-state index contributed by atoms with van der Waals surface area (Å²) < 4.78 is 7.21.